The van der Waals surface area contributed by atoms with Crippen LogP contribution in [0.25, 0.3) is 0 Å². The van der Waals surface area contributed by atoms with Crippen molar-refractivity contribution in [2.24, 2.45) is 5.92 Å². The van der Waals surface area contributed by atoms with Crippen LogP contribution in [-0.4, -0.2) is 12.6 Å². The highest BCUT2D eigenvalue weighted by Gasteiger charge is 2.20. The summed E-state index contributed by atoms with van der Waals surface area (Å²) in [6.07, 6.45) is 5.04. The second-order valence-corrected chi connectivity index (χ2v) is 4.59. The van der Waals surface area contributed by atoms with Crippen LogP contribution in [0.1, 0.15) is 25.7 Å². The maximum atomic E-state index is 11.5. The van der Waals surface area contributed by atoms with E-state index in [4.69, 9.17) is 5.73 Å². The molecule has 1 saturated carbocycles. The summed E-state index contributed by atoms with van der Waals surface area (Å²) in [5.74, 6) is 0.925. The van der Waals surface area contributed by atoms with Gasteiger partial charge in [-0.15, -0.1) is 0 Å². The number of hydrogen-bond donors (Lipinski definition) is 3. The van der Waals surface area contributed by atoms with E-state index in [1.54, 1.807) is 12.1 Å². The van der Waals surface area contributed by atoms with Gasteiger partial charge in [-0.1, -0.05) is 18.9 Å². The average molecular weight is 233 g/mol. The van der Waals surface area contributed by atoms with Gasteiger partial charge in [0.15, 0.2) is 0 Å². The number of carbonyl (C=O) groups is 1. The topological polar surface area (TPSA) is 67.1 Å². The SMILES string of the molecule is Nc1cccc(NC(=O)NCCCC2CC2)c1. The van der Waals surface area contributed by atoms with Gasteiger partial charge in [-0.2, -0.15) is 0 Å². The number of benzene rings is 1. The zero-order chi connectivity index (χ0) is 12.1. The third kappa shape index (κ3) is 4.34. The minimum absolute atomic E-state index is 0.161. The van der Waals surface area contributed by atoms with Crippen LogP contribution < -0.4 is 16.4 Å². The van der Waals surface area contributed by atoms with Crippen LogP contribution in [0, 0.1) is 5.92 Å². The molecule has 17 heavy (non-hydrogen) atoms. The van der Waals surface area contributed by atoms with Gasteiger partial charge in [0.2, 0.25) is 0 Å². The number of hydrogen-bond acceptors (Lipinski definition) is 2. The number of nitrogens with two attached hydrogens (primary N) is 1. The van der Waals surface area contributed by atoms with Crippen LogP contribution in [0.2, 0.25) is 0 Å². The van der Waals surface area contributed by atoms with Crippen molar-refractivity contribution in [3.8, 4) is 0 Å². The highest BCUT2D eigenvalue weighted by Crippen LogP contribution is 2.33. The number of carbonyl (C=O) groups excluding carboxylic acids is 1. The Morgan fingerprint density at radius 2 is 2.24 bits per heavy atom. The van der Waals surface area contributed by atoms with Crippen molar-refractivity contribution in [1.82, 2.24) is 5.32 Å². The van der Waals surface area contributed by atoms with Gasteiger partial charge in [-0.3, -0.25) is 0 Å². The summed E-state index contributed by atoms with van der Waals surface area (Å²) >= 11 is 0. The molecule has 92 valence electrons. The van der Waals surface area contributed by atoms with Crippen molar-refractivity contribution >= 4 is 17.4 Å². The smallest absolute Gasteiger partial charge is 0.319 e. The van der Waals surface area contributed by atoms with E-state index in [-0.39, 0.29) is 6.03 Å². The van der Waals surface area contributed by atoms with E-state index in [1.165, 1.54) is 19.3 Å². The maximum absolute atomic E-state index is 11.5. The molecule has 0 unspecified atom stereocenters. The lowest BCUT2D eigenvalue weighted by atomic mass is 10.2. The molecule has 1 aromatic rings. The highest BCUT2D eigenvalue weighted by molar-refractivity contribution is 5.89. The molecule has 1 aliphatic carbocycles. The molecule has 0 heterocycles. The Hall–Kier alpha value is -1.71. The monoisotopic (exact) mass is 233 g/mol. The first kappa shape index (κ1) is 11.8. The number of urea groups is 1. The third-order valence-electron chi connectivity index (χ3n) is 2.92. The first-order valence-corrected chi connectivity index (χ1v) is 6.14. The van der Waals surface area contributed by atoms with Crippen LogP contribution in [0.5, 0.6) is 0 Å². The molecule has 1 aliphatic rings. The molecule has 0 bridgehead atoms. The molecule has 0 saturated heterocycles. The number of nitrogens with one attached hydrogen (secondary N) is 2. The molecule has 4 nitrogen and oxygen atoms in total. The zero-order valence-corrected chi connectivity index (χ0v) is 9.91. The zero-order valence-electron chi connectivity index (χ0n) is 9.91. The molecular formula is C13H19N3O. The molecule has 0 spiro atoms. The van der Waals surface area contributed by atoms with Crippen LogP contribution in [0.4, 0.5) is 16.2 Å². The van der Waals surface area contributed by atoms with Crippen molar-refractivity contribution < 1.29 is 4.79 Å². The van der Waals surface area contributed by atoms with E-state index in [0.29, 0.717) is 5.69 Å². The Morgan fingerprint density at radius 3 is 2.94 bits per heavy atom. The summed E-state index contributed by atoms with van der Waals surface area (Å²) < 4.78 is 0. The second-order valence-electron chi connectivity index (χ2n) is 4.59. The highest BCUT2D eigenvalue weighted by atomic mass is 16.2. The minimum atomic E-state index is -0.161. The Labute approximate surface area is 102 Å². The Bertz CT molecular complexity index is 388. The van der Waals surface area contributed by atoms with E-state index in [2.05, 4.69) is 10.6 Å². The van der Waals surface area contributed by atoms with Gasteiger partial charge in [0.25, 0.3) is 0 Å². The Morgan fingerprint density at radius 1 is 1.41 bits per heavy atom. The minimum Gasteiger partial charge on any atom is -0.399 e. The van der Waals surface area contributed by atoms with Gasteiger partial charge >= 0.3 is 6.03 Å². The fourth-order valence-corrected chi connectivity index (χ4v) is 1.79. The molecule has 4 heteroatoms. The fraction of sp³-hybridized carbons (Fsp3) is 0.462. The van der Waals surface area contributed by atoms with Crippen molar-refractivity contribution in [1.29, 1.82) is 0 Å². The molecule has 2 rings (SSSR count). The van der Waals surface area contributed by atoms with Gasteiger partial charge in [-0.05, 0) is 37.0 Å². The van der Waals surface area contributed by atoms with E-state index < -0.39 is 0 Å². The van der Waals surface area contributed by atoms with Gasteiger partial charge in [0, 0.05) is 17.9 Å². The van der Waals surface area contributed by atoms with Crippen molar-refractivity contribution in [2.45, 2.75) is 25.7 Å². The Balaban J connectivity index is 1.65. The molecule has 1 aromatic carbocycles. The van der Waals surface area contributed by atoms with Gasteiger partial charge in [0.05, 0.1) is 0 Å². The van der Waals surface area contributed by atoms with Gasteiger partial charge < -0.3 is 16.4 Å². The number of amides is 2. The summed E-state index contributed by atoms with van der Waals surface area (Å²) in [7, 11) is 0. The molecule has 0 atom stereocenters. The summed E-state index contributed by atoms with van der Waals surface area (Å²) in [5, 5.41) is 5.60. The van der Waals surface area contributed by atoms with Crippen molar-refractivity contribution in [2.75, 3.05) is 17.6 Å². The Kier molecular flexibility index (Phi) is 3.85. The molecule has 1 fully saturated rings. The lowest BCUT2D eigenvalue weighted by Crippen LogP contribution is -2.29. The molecule has 0 aliphatic heterocycles. The third-order valence-corrected chi connectivity index (χ3v) is 2.92. The van der Waals surface area contributed by atoms with Crippen LogP contribution >= 0.6 is 0 Å². The van der Waals surface area contributed by atoms with Crippen molar-refractivity contribution in [3.05, 3.63) is 24.3 Å². The molecule has 0 radical (unpaired) electrons. The first-order valence-electron chi connectivity index (χ1n) is 6.14. The number of nitrogen functional groups attached to an aromatic ring is 1. The fourth-order valence-electron chi connectivity index (χ4n) is 1.79. The van der Waals surface area contributed by atoms with Crippen LogP contribution in [0.3, 0.4) is 0 Å². The van der Waals surface area contributed by atoms with Gasteiger partial charge in [0.1, 0.15) is 0 Å². The van der Waals surface area contributed by atoms with E-state index in [1.807, 2.05) is 12.1 Å². The molecule has 4 N–H and O–H groups in total. The molecular weight excluding hydrogens is 214 g/mol. The maximum Gasteiger partial charge on any atom is 0.319 e. The summed E-state index contributed by atoms with van der Waals surface area (Å²) in [6, 6.07) is 7.01. The number of anilines is 2. The van der Waals surface area contributed by atoms with Crippen LogP contribution in [0.15, 0.2) is 24.3 Å². The van der Waals surface area contributed by atoms with E-state index in [0.717, 1.165) is 24.6 Å². The van der Waals surface area contributed by atoms with Gasteiger partial charge in [-0.25, -0.2) is 4.79 Å². The van der Waals surface area contributed by atoms with Crippen LogP contribution in [-0.2, 0) is 0 Å². The lowest BCUT2D eigenvalue weighted by Gasteiger charge is -2.07. The first-order chi connectivity index (χ1) is 8.24. The predicted octanol–water partition coefficient (Wildman–Crippen LogP) is 2.58. The van der Waals surface area contributed by atoms with Crippen molar-refractivity contribution in [3.63, 3.8) is 0 Å². The number of rotatable bonds is 5. The average Bonchev–Trinajstić information content (AvgIpc) is 3.08. The standard InChI is InChI=1S/C13H19N3O/c14-11-4-1-5-12(9-11)16-13(17)15-8-2-3-10-6-7-10/h1,4-5,9-10H,2-3,6-8,14H2,(H2,15,16,17). The second kappa shape index (κ2) is 5.57. The van der Waals surface area contributed by atoms with E-state index >= 15 is 0 Å². The summed E-state index contributed by atoms with van der Waals surface area (Å²) in [5.41, 5.74) is 7.00. The molecule has 2 amide bonds. The lowest BCUT2D eigenvalue weighted by molar-refractivity contribution is 0.252. The predicted molar refractivity (Wildman–Crippen MR) is 69.8 cm³/mol. The quantitative estimate of drug-likeness (QED) is 0.540. The largest absolute Gasteiger partial charge is 0.399 e. The normalized spacial score (nSPS) is 14.4. The molecule has 0 aromatic heterocycles. The van der Waals surface area contributed by atoms with E-state index in [9.17, 15) is 4.79 Å². The summed E-state index contributed by atoms with van der Waals surface area (Å²) in [6.45, 7) is 0.741. The summed E-state index contributed by atoms with van der Waals surface area (Å²) in [4.78, 5) is 11.5.